The highest BCUT2D eigenvalue weighted by Crippen LogP contribution is 2.44. The number of rotatable bonds is 6. The molecule has 1 aromatic carbocycles. The number of benzene rings is 1. The molecule has 7 heteroatoms. The number of esters is 1. The van der Waals surface area contributed by atoms with Gasteiger partial charge in [-0.2, -0.15) is 0 Å². The van der Waals surface area contributed by atoms with Gasteiger partial charge in [0.2, 0.25) is 5.91 Å². The Balaban J connectivity index is 2.05. The summed E-state index contributed by atoms with van der Waals surface area (Å²) in [5.74, 6) is -0.155. The van der Waals surface area contributed by atoms with Gasteiger partial charge in [-0.05, 0) is 43.2 Å². The number of hydrogen-bond donors (Lipinski definition) is 0. The van der Waals surface area contributed by atoms with Crippen LogP contribution in [0.25, 0.3) is 0 Å². The Morgan fingerprint density at radius 2 is 2.00 bits per heavy atom. The number of ether oxygens (including phenoxy) is 1. The average Bonchev–Trinajstić information content (AvgIpc) is 3.00. The van der Waals surface area contributed by atoms with Gasteiger partial charge in [0, 0.05) is 4.90 Å². The van der Waals surface area contributed by atoms with Crippen LogP contribution in [0.15, 0.2) is 45.4 Å². The Bertz CT molecular complexity index is 831. The summed E-state index contributed by atoms with van der Waals surface area (Å²) in [4.78, 5) is 33.4. The molecule has 0 radical (unpaired) electrons. The largest absolute Gasteiger partial charge is 0.462 e. The number of aliphatic imine (C=N–C) groups is 1. The van der Waals surface area contributed by atoms with E-state index < -0.39 is 12.0 Å². The molecule has 1 fully saturated rings. The SMILES string of the molecule is CC[C@@H]1SC2=NC(C)=C(C(=O)OCC(C)C)[C@@H](c3ccc(SC)cc3)N2C1=O. The molecule has 5 nitrogen and oxygen atoms in total. The summed E-state index contributed by atoms with van der Waals surface area (Å²) in [5.41, 5.74) is 1.97. The fourth-order valence-corrected chi connectivity index (χ4v) is 4.81. The second-order valence-electron chi connectivity index (χ2n) is 7.28. The minimum atomic E-state index is -0.500. The van der Waals surface area contributed by atoms with Crippen molar-refractivity contribution >= 4 is 40.6 Å². The summed E-state index contributed by atoms with van der Waals surface area (Å²) in [6.45, 7) is 8.15. The van der Waals surface area contributed by atoms with Gasteiger partial charge in [0.15, 0.2) is 5.17 Å². The van der Waals surface area contributed by atoms with Crippen molar-refractivity contribution in [3.05, 3.63) is 41.1 Å². The van der Waals surface area contributed by atoms with Gasteiger partial charge in [-0.1, -0.05) is 44.7 Å². The third kappa shape index (κ3) is 4.01. The van der Waals surface area contributed by atoms with Crippen LogP contribution in [0.1, 0.15) is 45.7 Å². The Labute approximate surface area is 175 Å². The number of allylic oxidation sites excluding steroid dienone is 1. The normalized spacial score (nSPS) is 21.9. The third-order valence-electron chi connectivity index (χ3n) is 4.72. The lowest BCUT2D eigenvalue weighted by molar-refractivity contribution is -0.141. The minimum Gasteiger partial charge on any atom is -0.462 e. The molecule has 28 heavy (non-hydrogen) atoms. The van der Waals surface area contributed by atoms with Crippen LogP contribution in [-0.4, -0.2) is 40.1 Å². The molecule has 0 N–H and O–H groups in total. The van der Waals surface area contributed by atoms with Crippen molar-refractivity contribution in [3.63, 3.8) is 0 Å². The first-order valence-corrected chi connectivity index (χ1v) is 11.6. The molecule has 0 unspecified atom stereocenters. The molecule has 0 spiro atoms. The van der Waals surface area contributed by atoms with Crippen molar-refractivity contribution in [3.8, 4) is 0 Å². The number of amidine groups is 1. The van der Waals surface area contributed by atoms with E-state index in [0.717, 1.165) is 16.9 Å². The molecule has 2 heterocycles. The van der Waals surface area contributed by atoms with Crippen LogP contribution >= 0.6 is 23.5 Å². The van der Waals surface area contributed by atoms with Crippen LogP contribution in [0.4, 0.5) is 0 Å². The molecule has 0 aliphatic carbocycles. The highest BCUT2D eigenvalue weighted by molar-refractivity contribution is 8.15. The highest BCUT2D eigenvalue weighted by Gasteiger charge is 2.47. The maximum atomic E-state index is 13.1. The molecule has 3 rings (SSSR count). The maximum absolute atomic E-state index is 13.1. The van der Waals surface area contributed by atoms with Crippen molar-refractivity contribution < 1.29 is 14.3 Å². The van der Waals surface area contributed by atoms with Gasteiger partial charge in [0.1, 0.15) is 0 Å². The lowest BCUT2D eigenvalue weighted by Crippen LogP contribution is -2.40. The van der Waals surface area contributed by atoms with Crippen molar-refractivity contribution in [1.29, 1.82) is 0 Å². The summed E-state index contributed by atoms with van der Waals surface area (Å²) in [6.07, 6.45) is 2.74. The Hall–Kier alpha value is -1.73. The molecule has 2 aliphatic heterocycles. The van der Waals surface area contributed by atoms with Crippen LogP contribution in [0.3, 0.4) is 0 Å². The number of hydrogen-bond acceptors (Lipinski definition) is 6. The number of amides is 1. The van der Waals surface area contributed by atoms with E-state index in [1.54, 1.807) is 16.7 Å². The van der Waals surface area contributed by atoms with Crippen LogP contribution < -0.4 is 0 Å². The van der Waals surface area contributed by atoms with Gasteiger partial charge >= 0.3 is 5.97 Å². The van der Waals surface area contributed by atoms with Crippen molar-refractivity contribution in [1.82, 2.24) is 4.90 Å². The second kappa shape index (κ2) is 8.74. The zero-order chi connectivity index (χ0) is 20.4. The van der Waals surface area contributed by atoms with Crippen molar-refractivity contribution in [2.75, 3.05) is 12.9 Å². The van der Waals surface area contributed by atoms with E-state index in [2.05, 4.69) is 4.99 Å². The standard InChI is InChI=1S/C21H26N2O3S2/c1-6-16-19(24)23-18(14-7-9-15(27-5)10-8-14)17(13(4)22-21(23)28-16)20(25)26-11-12(2)3/h7-10,12,16,18H,6,11H2,1-5H3/t16-,18+/m0/s1. The maximum Gasteiger partial charge on any atom is 0.338 e. The zero-order valence-corrected chi connectivity index (χ0v) is 18.5. The van der Waals surface area contributed by atoms with E-state index >= 15 is 0 Å². The van der Waals surface area contributed by atoms with Gasteiger partial charge in [-0.25, -0.2) is 9.79 Å². The smallest absolute Gasteiger partial charge is 0.338 e. The van der Waals surface area contributed by atoms with Gasteiger partial charge in [0.05, 0.1) is 29.2 Å². The highest BCUT2D eigenvalue weighted by atomic mass is 32.2. The predicted molar refractivity (Wildman–Crippen MR) is 115 cm³/mol. The van der Waals surface area contributed by atoms with E-state index in [0.29, 0.717) is 23.0 Å². The summed E-state index contributed by atoms with van der Waals surface area (Å²) >= 11 is 3.14. The van der Waals surface area contributed by atoms with Crippen LogP contribution in [0, 0.1) is 5.92 Å². The predicted octanol–water partition coefficient (Wildman–Crippen LogP) is 4.65. The topological polar surface area (TPSA) is 59.0 Å². The Morgan fingerprint density at radius 1 is 1.32 bits per heavy atom. The van der Waals surface area contributed by atoms with Crippen molar-refractivity contribution in [2.24, 2.45) is 10.9 Å². The summed E-state index contributed by atoms with van der Waals surface area (Å²) in [7, 11) is 0. The first kappa shape index (κ1) is 21.0. The number of carbonyl (C=O) groups is 2. The molecular weight excluding hydrogens is 392 g/mol. The molecule has 2 atom stereocenters. The molecule has 2 aliphatic rings. The number of thioether (sulfide) groups is 2. The third-order valence-corrected chi connectivity index (χ3v) is 6.78. The quantitative estimate of drug-likeness (QED) is 0.497. The van der Waals surface area contributed by atoms with Crippen LogP contribution in [0.5, 0.6) is 0 Å². The first-order valence-electron chi connectivity index (χ1n) is 9.47. The molecule has 0 saturated carbocycles. The first-order chi connectivity index (χ1) is 13.4. The fraction of sp³-hybridized carbons (Fsp3) is 0.476. The molecule has 0 aromatic heterocycles. The molecule has 0 bridgehead atoms. The van der Waals surface area contributed by atoms with Crippen molar-refractivity contribution in [2.45, 2.75) is 50.3 Å². The lowest BCUT2D eigenvalue weighted by atomic mass is 9.94. The molecular formula is C21H26N2O3S2. The van der Waals surface area contributed by atoms with E-state index in [4.69, 9.17) is 4.74 Å². The van der Waals surface area contributed by atoms with Gasteiger partial charge in [-0.3, -0.25) is 9.69 Å². The summed E-state index contributed by atoms with van der Waals surface area (Å²) in [6, 6.07) is 7.50. The minimum absolute atomic E-state index is 0.00635. The second-order valence-corrected chi connectivity index (χ2v) is 9.33. The fourth-order valence-electron chi connectivity index (χ4n) is 3.27. The monoisotopic (exact) mass is 418 g/mol. The average molecular weight is 419 g/mol. The summed E-state index contributed by atoms with van der Waals surface area (Å²) in [5, 5.41) is 0.513. The van der Waals surface area contributed by atoms with Gasteiger partial charge in [-0.15, -0.1) is 11.8 Å². The number of carbonyl (C=O) groups excluding carboxylic acids is 2. The molecule has 150 valence electrons. The molecule has 1 amide bonds. The van der Waals surface area contributed by atoms with E-state index in [-0.39, 0.29) is 17.1 Å². The zero-order valence-electron chi connectivity index (χ0n) is 16.9. The molecule has 1 aromatic rings. The summed E-state index contributed by atoms with van der Waals surface area (Å²) < 4.78 is 5.53. The lowest BCUT2D eigenvalue weighted by Gasteiger charge is -2.33. The number of fused-ring (bicyclic) bond motifs is 1. The van der Waals surface area contributed by atoms with E-state index in [1.165, 1.54) is 11.8 Å². The van der Waals surface area contributed by atoms with E-state index in [9.17, 15) is 9.59 Å². The molecule has 1 saturated heterocycles. The Kier molecular flexibility index (Phi) is 6.55. The van der Waals surface area contributed by atoms with E-state index in [1.807, 2.05) is 58.2 Å². The van der Waals surface area contributed by atoms with Crippen LogP contribution in [0.2, 0.25) is 0 Å². The van der Waals surface area contributed by atoms with Crippen LogP contribution in [-0.2, 0) is 14.3 Å². The number of nitrogens with zero attached hydrogens (tertiary/aromatic N) is 2. The van der Waals surface area contributed by atoms with Gasteiger partial charge in [0.25, 0.3) is 0 Å². The Morgan fingerprint density at radius 3 is 2.57 bits per heavy atom. The van der Waals surface area contributed by atoms with Gasteiger partial charge < -0.3 is 4.74 Å².